The van der Waals surface area contributed by atoms with Crippen LogP contribution in [0, 0.1) is 0 Å². The van der Waals surface area contributed by atoms with E-state index in [1.165, 1.54) is 17.3 Å². The lowest BCUT2D eigenvalue weighted by Crippen LogP contribution is -2.26. The molecule has 3 heterocycles. The predicted octanol–water partition coefficient (Wildman–Crippen LogP) is 5.31. The number of hydrogen-bond donors (Lipinski definition) is 3. The summed E-state index contributed by atoms with van der Waals surface area (Å²) in [6, 6.07) is 16.4. The van der Waals surface area contributed by atoms with Crippen LogP contribution in [0.2, 0.25) is 0 Å². The third kappa shape index (κ3) is 6.13. The number of urea groups is 1. The fraction of sp³-hybridized carbons (Fsp3) is 0.267. The molecule has 5 rings (SSSR count). The second kappa shape index (κ2) is 11.6. The lowest BCUT2D eigenvalue weighted by Gasteiger charge is -2.25. The normalized spacial score (nSPS) is 13.0. The van der Waals surface area contributed by atoms with Crippen molar-refractivity contribution in [3.63, 3.8) is 0 Å². The van der Waals surface area contributed by atoms with Crippen LogP contribution in [0.15, 0.2) is 67.0 Å². The van der Waals surface area contributed by atoms with Crippen LogP contribution in [0.4, 0.5) is 16.2 Å². The van der Waals surface area contributed by atoms with Crippen LogP contribution in [0.1, 0.15) is 41.5 Å². The average Bonchev–Trinajstić information content (AvgIpc) is 3.37. The van der Waals surface area contributed by atoms with Gasteiger partial charge in [0, 0.05) is 55.9 Å². The zero-order chi connectivity index (χ0) is 28.2. The number of rotatable bonds is 7. The Balaban J connectivity index is 1.28. The van der Waals surface area contributed by atoms with E-state index in [1.54, 1.807) is 43.4 Å². The lowest BCUT2D eigenvalue weighted by molar-refractivity contribution is 0.0958. The highest BCUT2D eigenvalue weighted by Crippen LogP contribution is 2.31. The molecule has 1 aliphatic heterocycles. The number of nitrogens with one attached hydrogen (secondary N) is 3. The highest BCUT2D eigenvalue weighted by atomic mass is 16.5. The first-order valence-electron chi connectivity index (χ1n) is 13.2. The van der Waals surface area contributed by atoms with Gasteiger partial charge in [0.1, 0.15) is 22.9 Å². The van der Waals surface area contributed by atoms with E-state index in [-0.39, 0.29) is 23.7 Å². The summed E-state index contributed by atoms with van der Waals surface area (Å²) >= 11 is 0. The van der Waals surface area contributed by atoms with Crippen molar-refractivity contribution in [3.8, 4) is 22.8 Å². The van der Waals surface area contributed by atoms with E-state index in [2.05, 4.69) is 64.9 Å². The van der Waals surface area contributed by atoms with E-state index < -0.39 is 0 Å². The maximum atomic E-state index is 13.0. The summed E-state index contributed by atoms with van der Waals surface area (Å²) in [6.45, 7) is 6.07. The van der Waals surface area contributed by atoms with E-state index in [0.717, 1.165) is 30.8 Å². The molecule has 0 radical (unpaired) electrons. The molecule has 2 aromatic carbocycles. The number of pyridine rings is 1. The molecule has 2 aromatic heterocycles. The molecule has 0 spiro atoms. The van der Waals surface area contributed by atoms with Gasteiger partial charge in [-0.1, -0.05) is 12.1 Å². The monoisotopic (exact) mass is 539 g/mol. The first kappa shape index (κ1) is 26.9. The van der Waals surface area contributed by atoms with E-state index in [1.807, 2.05) is 10.9 Å². The van der Waals surface area contributed by atoms with Crippen molar-refractivity contribution in [1.82, 2.24) is 25.0 Å². The van der Waals surface area contributed by atoms with Crippen molar-refractivity contribution >= 4 is 23.3 Å². The van der Waals surface area contributed by atoms with Crippen LogP contribution in [-0.4, -0.2) is 52.2 Å². The summed E-state index contributed by atoms with van der Waals surface area (Å²) in [6.07, 6.45) is 4.37. The van der Waals surface area contributed by atoms with E-state index in [0.29, 0.717) is 22.9 Å². The number of fused-ring (bicyclic) bond motifs is 1. The van der Waals surface area contributed by atoms with Crippen LogP contribution in [0.25, 0.3) is 11.3 Å². The Kier molecular flexibility index (Phi) is 7.79. The SMILES string of the molecule is CNC(=O)c1cc(Oc2ccc(NC(=O)Nc3cn(C(C)C)nc3-c3ccc4c(c3)CCN(C)C4)cc2)ccn1. The largest absolute Gasteiger partial charge is 0.457 e. The Hall–Kier alpha value is -4.70. The van der Waals surface area contributed by atoms with Crippen LogP contribution in [0.3, 0.4) is 0 Å². The number of ether oxygens (including phenoxy) is 1. The second-order valence-corrected chi connectivity index (χ2v) is 10.1. The Morgan fingerprint density at radius 2 is 1.77 bits per heavy atom. The number of anilines is 2. The fourth-order valence-corrected chi connectivity index (χ4v) is 4.56. The maximum Gasteiger partial charge on any atom is 0.323 e. The number of amides is 3. The van der Waals surface area contributed by atoms with Gasteiger partial charge in [-0.15, -0.1) is 0 Å². The molecule has 10 heteroatoms. The van der Waals surface area contributed by atoms with Gasteiger partial charge < -0.3 is 25.6 Å². The molecule has 0 unspecified atom stereocenters. The van der Waals surface area contributed by atoms with Gasteiger partial charge in [0.25, 0.3) is 5.91 Å². The van der Waals surface area contributed by atoms with Crippen molar-refractivity contribution in [1.29, 1.82) is 0 Å². The summed E-state index contributed by atoms with van der Waals surface area (Å²) in [5.41, 5.74) is 5.88. The number of carbonyl (C=O) groups is 2. The quantitative estimate of drug-likeness (QED) is 0.293. The first-order valence-corrected chi connectivity index (χ1v) is 13.2. The molecule has 40 heavy (non-hydrogen) atoms. The summed E-state index contributed by atoms with van der Waals surface area (Å²) in [4.78, 5) is 31.1. The van der Waals surface area contributed by atoms with E-state index >= 15 is 0 Å². The van der Waals surface area contributed by atoms with Crippen LogP contribution < -0.4 is 20.7 Å². The van der Waals surface area contributed by atoms with Gasteiger partial charge in [0.2, 0.25) is 0 Å². The van der Waals surface area contributed by atoms with E-state index in [9.17, 15) is 9.59 Å². The number of benzene rings is 2. The Bertz CT molecular complexity index is 1530. The fourth-order valence-electron chi connectivity index (χ4n) is 4.56. The van der Waals surface area contributed by atoms with Gasteiger partial charge in [-0.2, -0.15) is 5.10 Å². The zero-order valence-electron chi connectivity index (χ0n) is 23.1. The third-order valence-electron chi connectivity index (χ3n) is 6.73. The molecule has 4 aromatic rings. The highest BCUT2D eigenvalue weighted by Gasteiger charge is 2.19. The number of hydrogen-bond acceptors (Lipinski definition) is 6. The molecular weight excluding hydrogens is 506 g/mol. The third-order valence-corrected chi connectivity index (χ3v) is 6.73. The molecule has 1 aliphatic rings. The highest BCUT2D eigenvalue weighted by molar-refractivity contribution is 6.02. The Morgan fingerprint density at radius 3 is 2.52 bits per heavy atom. The maximum absolute atomic E-state index is 13.0. The molecule has 3 N–H and O–H groups in total. The van der Waals surface area contributed by atoms with Crippen LogP contribution in [-0.2, 0) is 13.0 Å². The van der Waals surface area contributed by atoms with Gasteiger partial charge in [0.15, 0.2) is 0 Å². The van der Waals surface area contributed by atoms with Crippen molar-refractivity contribution in [3.05, 3.63) is 83.8 Å². The minimum absolute atomic E-state index is 0.143. The van der Waals surface area contributed by atoms with Gasteiger partial charge in [-0.3, -0.25) is 14.5 Å². The average molecular weight is 540 g/mol. The van der Waals surface area contributed by atoms with Crippen LogP contribution >= 0.6 is 0 Å². The molecule has 0 atom stereocenters. The molecule has 0 fully saturated rings. The molecule has 206 valence electrons. The van der Waals surface area contributed by atoms with E-state index in [4.69, 9.17) is 9.84 Å². The summed E-state index contributed by atoms with van der Waals surface area (Å²) in [7, 11) is 3.68. The van der Waals surface area contributed by atoms with Gasteiger partial charge in [-0.05, 0) is 74.8 Å². The second-order valence-electron chi connectivity index (χ2n) is 10.1. The van der Waals surface area contributed by atoms with Gasteiger partial charge in [-0.25, -0.2) is 4.79 Å². The van der Waals surface area contributed by atoms with Crippen molar-refractivity contribution < 1.29 is 14.3 Å². The summed E-state index contributed by atoms with van der Waals surface area (Å²) in [5, 5.41) is 13.2. The topological polar surface area (TPSA) is 113 Å². The van der Waals surface area contributed by atoms with Gasteiger partial charge in [0.05, 0.1) is 5.69 Å². The number of carbonyl (C=O) groups excluding carboxylic acids is 2. The van der Waals surface area contributed by atoms with Crippen molar-refractivity contribution in [2.24, 2.45) is 0 Å². The molecule has 0 saturated heterocycles. The predicted molar refractivity (Wildman–Crippen MR) is 155 cm³/mol. The van der Waals surface area contributed by atoms with Crippen LogP contribution in [0.5, 0.6) is 11.5 Å². The number of aromatic nitrogens is 3. The summed E-state index contributed by atoms with van der Waals surface area (Å²) in [5.74, 6) is 0.743. The van der Waals surface area contributed by atoms with Crippen molar-refractivity contribution in [2.45, 2.75) is 32.9 Å². The zero-order valence-corrected chi connectivity index (χ0v) is 23.1. The summed E-state index contributed by atoms with van der Waals surface area (Å²) < 4.78 is 7.70. The molecule has 0 saturated carbocycles. The first-order chi connectivity index (χ1) is 19.3. The lowest BCUT2D eigenvalue weighted by atomic mass is 9.96. The molecular formula is C30H33N7O3. The molecule has 10 nitrogen and oxygen atoms in total. The molecule has 0 bridgehead atoms. The standard InChI is InChI=1S/C30H33N7O3/c1-19(2)37-18-27(28(35-37)21-5-6-22-17-36(4)14-12-20(22)15-21)34-30(39)33-23-7-9-24(10-8-23)40-25-11-13-32-26(16-25)29(38)31-3/h5-11,13,15-16,18-19H,12,14,17H2,1-4H3,(H,31,38)(H2,33,34,39). The minimum atomic E-state index is -0.373. The molecule has 3 amide bonds. The Morgan fingerprint density at radius 1 is 0.975 bits per heavy atom. The van der Waals surface area contributed by atoms with Crippen molar-refractivity contribution in [2.75, 3.05) is 31.3 Å². The minimum Gasteiger partial charge on any atom is -0.457 e. The Labute approximate surface area is 233 Å². The number of likely N-dealkylation sites (N-methyl/N-ethyl adjacent to an activating group) is 1. The van der Waals surface area contributed by atoms with Gasteiger partial charge >= 0.3 is 6.03 Å². The number of nitrogens with zero attached hydrogens (tertiary/aromatic N) is 4. The smallest absolute Gasteiger partial charge is 0.323 e. The molecule has 0 aliphatic carbocycles.